The quantitative estimate of drug-likeness (QED) is 0.321. The van der Waals surface area contributed by atoms with Crippen molar-refractivity contribution in [1.29, 1.82) is 0 Å². The van der Waals surface area contributed by atoms with Gasteiger partial charge >= 0.3 is 0 Å². The van der Waals surface area contributed by atoms with Gasteiger partial charge in [-0.2, -0.15) is 5.10 Å². The third-order valence-electron chi connectivity index (χ3n) is 7.35. The number of aromatic nitrogens is 3. The van der Waals surface area contributed by atoms with Crippen molar-refractivity contribution in [3.05, 3.63) is 35.5 Å². The number of H-pyrrole nitrogens is 2. The number of carbonyl (C=O) groups excluding carboxylic acids is 1. The van der Waals surface area contributed by atoms with Crippen LogP contribution in [0.3, 0.4) is 0 Å². The molecular formula is C25H32IN5O2. The highest BCUT2D eigenvalue weighted by Gasteiger charge is 2.30. The number of nitrogens with zero attached hydrogens (tertiary/aromatic N) is 3. The Hall–Kier alpha value is -1.91. The zero-order valence-electron chi connectivity index (χ0n) is 19.5. The fourth-order valence-corrected chi connectivity index (χ4v) is 5.86. The van der Waals surface area contributed by atoms with Crippen molar-refractivity contribution in [1.82, 2.24) is 20.1 Å². The van der Waals surface area contributed by atoms with Crippen molar-refractivity contribution >= 4 is 45.4 Å². The topological polar surface area (TPSA) is 88.2 Å². The second-order valence-corrected chi connectivity index (χ2v) is 11.4. The smallest absolute Gasteiger partial charge is 0.252 e. The van der Waals surface area contributed by atoms with Gasteiger partial charge < -0.3 is 10.1 Å². The summed E-state index contributed by atoms with van der Waals surface area (Å²) in [5, 5.41) is 18.8. The number of anilines is 1. The lowest BCUT2D eigenvalue weighted by Crippen LogP contribution is -2.48. The van der Waals surface area contributed by atoms with E-state index in [-0.39, 0.29) is 18.1 Å². The van der Waals surface area contributed by atoms with Crippen LogP contribution in [0.4, 0.5) is 5.69 Å². The van der Waals surface area contributed by atoms with Crippen LogP contribution in [0.15, 0.2) is 24.3 Å². The lowest BCUT2D eigenvalue weighted by atomic mass is 9.76. The molecule has 1 saturated heterocycles. The van der Waals surface area contributed by atoms with Crippen LogP contribution >= 0.6 is 22.9 Å². The summed E-state index contributed by atoms with van der Waals surface area (Å²) in [7, 11) is 0. The summed E-state index contributed by atoms with van der Waals surface area (Å²) < 4.78 is 1.71. The van der Waals surface area contributed by atoms with Crippen molar-refractivity contribution in [2.45, 2.75) is 65.0 Å². The minimum atomic E-state index is -0.240. The van der Waals surface area contributed by atoms with E-state index in [1.54, 1.807) is 3.11 Å². The lowest BCUT2D eigenvalue weighted by Gasteiger charge is -2.34. The highest BCUT2D eigenvalue weighted by atomic mass is 127. The van der Waals surface area contributed by atoms with E-state index >= 15 is 0 Å². The summed E-state index contributed by atoms with van der Waals surface area (Å²) in [6.07, 6.45) is 4.44. The minimum Gasteiger partial charge on any atom is -0.393 e. The molecule has 0 radical (unpaired) electrons. The largest absolute Gasteiger partial charge is 0.393 e. The third-order valence-corrected chi connectivity index (χ3v) is 8.38. The van der Waals surface area contributed by atoms with Crippen LogP contribution in [-0.4, -0.2) is 56.3 Å². The number of aromatic amines is 2. The number of carbonyl (C=O) groups is 1. The van der Waals surface area contributed by atoms with E-state index in [1.807, 2.05) is 19.1 Å². The Balaban J connectivity index is 1.37. The molecule has 0 saturated carbocycles. The molecule has 3 heterocycles. The van der Waals surface area contributed by atoms with Crippen molar-refractivity contribution in [2.24, 2.45) is 5.41 Å². The molecule has 2 aromatic heterocycles. The van der Waals surface area contributed by atoms with Crippen molar-refractivity contribution in [3.63, 3.8) is 0 Å². The Morgan fingerprint density at radius 3 is 2.82 bits per heavy atom. The van der Waals surface area contributed by atoms with Crippen LogP contribution in [0.1, 0.15) is 51.3 Å². The second kappa shape index (κ2) is 8.70. The van der Waals surface area contributed by atoms with E-state index in [0.717, 1.165) is 73.2 Å². The Morgan fingerprint density at radius 1 is 1.30 bits per heavy atom. The van der Waals surface area contributed by atoms with Gasteiger partial charge in [0.1, 0.15) is 5.69 Å². The molecule has 0 bridgehead atoms. The maximum atomic E-state index is 13.2. The first kappa shape index (κ1) is 22.9. The number of halogens is 1. The number of rotatable bonds is 4. The normalized spacial score (nSPS) is 20.0. The molecule has 1 unspecified atom stereocenters. The molecule has 3 aromatic rings. The average Bonchev–Trinajstić information content (AvgIpc) is 3.40. The molecule has 1 atom stereocenters. The summed E-state index contributed by atoms with van der Waals surface area (Å²) in [5.74, 6) is 0.0575. The molecule has 33 heavy (non-hydrogen) atoms. The van der Waals surface area contributed by atoms with Gasteiger partial charge in [0.25, 0.3) is 5.91 Å². The maximum Gasteiger partial charge on any atom is 0.252 e. The molecule has 1 aliphatic heterocycles. The van der Waals surface area contributed by atoms with Crippen LogP contribution < -0.4 is 3.11 Å². The number of hydrogen-bond acceptors (Lipinski definition) is 4. The predicted molar refractivity (Wildman–Crippen MR) is 139 cm³/mol. The molecule has 1 amide bonds. The summed E-state index contributed by atoms with van der Waals surface area (Å²) >= 11 is 2.11. The van der Waals surface area contributed by atoms with E-state index in [9.17, 15) is 9.90 Å². The Labute approximate surface area is 208 Å². The van der Waals surface area contributed by atoms with E-state index in [0.29, 0.717) is 5.41 Å². The number of nitrogens with one attached hydrogen (secondary N) is 2. The standard InChI is InChI=1S/C25H32IN5O2/c1-15(30-10-7-18(32)8-11-30)24(33)31(26)17-5-4-16-12-21(27-20(16)13-17)23-19-6-9-25(2,3)14-22(19)28-29-23/h4-5,12-13,15,18,27,32H,6-11,14H2,1-3H3,(H,28,29). The number of benzene rings is 1. The highest BCUT2D eigenvalue weighted by molar-refractivity contribution is 14.1. The fraction of sp³-hybridized carbons (Fsp3) is 0.520. The van der Waals surface area contributed by atoms with Crippen LogP contribution in [-0.2, 0) is 17.6 Å². The maximum absolute atomic E-state index is 13.2. The van der Waals surface area contributed by atoms with Gasteiger partial charge in [-0.05, 0) is 62.6 Å². The van der Waals surface area contributed by atoms with Gasteiger partial charge in [-0.3, -0.25) is 17.9 Å². The molecule has 2 aliphatic rings. The van der Waals surface area contributed by atoms with E-state index in [1.165, 1.54) is 11.3 Å². The number of aliphatic hydroxyl groups is 1. The van der Waals surface area contributed by atoms with Crippen molar-refractivity contribution in [3.8, 4) is 11.4 Å². The Kier molecular flexibility index (Phi) is 6.03. The van der Waals surface area contributed by atoms with Gasteiger partial charge in [0.15, 0.2) is 0 Å². The molecule has 7 nitrogen and oxygen atoms in total. The minimum absolute atomic E-state index is 0.0575. The average molecular weight is 561 g/mol. The molecule has 1 fully saturated rings. The molecule has 176 valence electrons. The zero-order chi connectivity index (χ0) is 23.3. The molecule has 1 aliphatic carbocycles. The second-order valence-electron chi connectivity index (χ2n) is 10.4. The number of likely N-dealkylation sites (tertiary alicyclic amines) is 1. The van der Waals surface area contributed by atoms with Crippen LogP contribution in [0, 0.1) is 5.41 Å². The summed E-state index contributed by atoms with van der Waals surface area (Å²) in [6.45, 7) is 8.09. The first-order valence-electron chi connectivity index (χ1n) is 11.8. The first-order valence-corrected chi connectivity index (χ1v) is 12.8. The van der Waals surface area contributed by atoms with Crippen LogP contribution in [0.2, 0.25) is 0 Å². The van der Waals surface area contributed by atoms with Crippen LogP contribution in [0.5, 0.6) is 0 Å². The number of amides is 1. The molecule has 8 heteroatoms. The molecule has 5 rings (SSSR count). The third kappa shape index (κ3) is 4.44. The number of hydrogen-bond donors (Lipinski definition) is 3. The predicted octanol–water partition coefficient (Wildman–Crippen LogP) is 4.60. The molecule has 1 aromatic carbocycles. The van der Waals surface area contributed by atoms with E-state index in [4.69, 9.17) is 0 Å². The number of fused-ring (bicyclic) bond motifs is 2. The molecule has 3 N–H and O–H groups in total. The van der Waals surface area contributed by atoms with Gasteiger partial charge in [0, 0.05) is 35.2 Å². The van der Waals surface area contributed by atoms with E-state index in [2.05, 4.69) is 68.9 Å². The summed E-state index contributed by atoms with van der Waals surface area (Å²) in [5.41, 5.74) is 6.78. The summed E-state index contributed by atoms with van der Waals surface area (Å²) in [4.78, 5) is 18.9. The van der Waals surface area contributed by atoms with Crippen molar-refractivity contribution in [2.75, 3.05) is 16.2 Å². The Morgan fingerprint density at radius 2 is 2.06 bits per heavy atom. The first-order chi connectivity index (χ1) is 15.7. The molecular weight excluding hydrogens is 529 g/mol. The van der Waals surface area contributed by atoms with Gasteiger partial charge in [-0.25, -0.2) is 0 Å². The van der Waals surface area contributed by atoms with Crippen molar-refractivity contribution < 1.29 is 9.90 Å². The van der Waals surface area contributed by atoms with Gasteiger partial charge in [-0.1, -0.05) is 19.9 Å². The van der Waals surface area contributed by atoms with Gasteiger partial charge in [0.2, 0.25) is 0 Å². The SMILES string of the molecule is CC(C(=O)N(I)c1ccc2cc(-c3n[nH]c4c3CCC(C)(C)C4)[nH]c2c1)N1CCC(O)CC1. The molecule has 0 spiro atoms. The lowest BCUT2D eigenvalue weighted by molar-refractivity contribution is -0.122. The van der Waals surface area contributed by atoms with E-state index < -0.39 is 0 Å². The highest BCUT2D eigenvalue weighted by Crippen LogP contribution is 2.38. The summed E-state index contributed by atoms with van der Waals surface area (Å²) in [6, 6.07) is 8.03. The van der Waals surface area contributed by atoms with Gasteiger partial charge in [-0.15, -0.1) is 0 Å². The van der Waals surface area contributed by atoms with Gasteiger partial charge in [0.05, 0.1) is 46.4 Å². The fourth-order valence-electron chi connectivity index (χ4n) is 5.16. The number of piperidine rings is 1. The zero-order valence-corrected chi connectivity index (χ0v) is 21.6. The monoisotopic (exact) mass is 561 g/mol. The van der Waals surface area contributed by atoms with Crippen LogP contribution in [0.25, 0.3) is 22.3 Å². The number of aliphatic hydroxyl groups excluding tert-OH is 1. The Bertz CT molecular complexity index is 1170.